The van der Waals surface area contributed by atoms with Gasteiger partial charge in [-0.05, 0) is 5.46 Å². The predicted octanol–water partition coefficient (Wildman–Crippen LogP) is 5.09. The third kappa shape index (κ3) is 3.03. The lowest BCUT2D eigenvalue weighted by Gasteiger charge is -2.16. The molecule has 0 nitrogen and oxygen atoms in total. The fraction of sp³-hybridized carbons (Fsp3) is 0. The van der Waals surface area contributed by atoms with Crippen molar-refractivity contribution >= 4 is 13.3 Å². The zero-order valence-electron chi connectivity index (χ0n) is 14.9. The fourth-order valence-corrected chi connectivity index (χ4v) is 2.86. The maximum atomic E-state index is 14.5. The number of halogens is 13. The van der Waals surface area contributed by atoms with Crippen LogP contribution in [0.2, 0.25) is 0 Å². The van der Waals surface area contributed by atoms with E-state index in [0.29, 0.717) is 7.85 Å². The van der Waals surface area contributed by atoms with Gasteiger partial charge in [0.15, 0.2) is 69.8 Å². The molecular weight excluding hydrogens is 474 g/mol. The Balaban J connectivity index is 2.50. The van der Waals surface area contributed by atoms with Gasteiger partial charge in [0.1, 0.15) is 7.85 Å². The van der Waals surface area contributed by atoms with Gasteiger partial charge >= 0.3 is 0 Å². The molecule has 0 aliphatic heterocycles. The number of rotatable bonds is 2. The summed E-state index contributed by atoms with van der Waals surface area (Å²) in [5, 5.41) is 0. The number of hydrogen-bond donors (Lipinski definition) is 0. The first kappa shape index (κ1) is 23.5. The molecule has 0 fully saturated rings. The molecule has 3 aromatic rings. The summed E-state index contributed by atoms with van der Waals surface area (Å²) in [6, 6.07) is 0. The smallest absolute Gasteiger partial charge is 0.200 e. The molecule has 0 aromatic heterocycles. The molecule has 0 radical (unpaired) electrons. The molecule has 3 rings (SSSR count). The van der Waals surface area contributed by atoms with E-state index in [0.717, 1.165) is 0 Å². The summed E-state index contributed by atoms with van der Waals surface area (Å²) in [7, 11) is 0.515. The quantitative estimate of drug-likeness (QED) is 0.210. The lowest BCUT2D eigenvalue weighted by Crippen LogP contribution is -2.20. The van der Waals surface area contributed by atoms with Gasteiger partial charge < -0.3 is 0 Å². The van der Waals surface area contributed by atoms with E-state index in [-0.39, 0.29) is 0 Å². The normalized spacial score (nSPS) is 11.4. The highest BCUT2D eigenvalue weighted by Crippen LogP contribution is 2.41. The summed E-state index contributed by atoms with van der Waals surface area (Å²) in [4.78, 5) is 0. The van der Waals surface area contributed by atoms with Crippen LogP contribution < -0.4 is 5.46 Å². The van der Waals surface area contributed by atoms with Crippen LogP contribution in [0.3, 0.4) is 0 Å². The van der Waals surface area contributed by atoms with Gasteiger partial charge in [-0.1, -0.05) is 0 Å². The SMILES string of the molecule is Bc1c(F)c(F)c(-c2c(F)c(F)c(-c3c(F)c(F)c(F)c(F)c3F)c(F)c2F)c(F)c1F. The van der Waals surface area contributed by atoms with E-state index in [1.54, 1.807) is 0 Å². The minimum Gasteiger partial charge on any atom is -0.204 e. The molecule has 0 amide bonds. The third-order valence-corrected chi connectivity index (χ3v) is 4.46. The molecule has 0 bridgehead atoms. The van der Waals surface area contributed by atoms with E-state index < -0.39 is 103 Å². The van der Waals surface area contributed by atoms with Crippen LogP contribution >= 0.6 is 0 Å². The molecule has 0 saturated carbocycles. The zero-order valence-corrected chi connectivity index (χ0v) is 14.9. The van der Waals surface area contributed by atoms with Gasteiger partial charge in [0.2, 0.25) is 5.82 Å². The van der Waals surface area contributed by atoms with E-state index in [2.05, 4.69) is 0 Å². The topological polar surface area (TPSA) is 0 Å². The standard InChI is InChI=1S/C18H2BF13/c19-5-14(28)10(24)3(11(25)15(5)29)1-6(20)8(22)2(9(23)7(1)21)4-12(26)16(30)18(32)17(31)13(4)27/h19H2. The molecule has 0 spiro atoms. The second kappa shape index (κ2) is 7.75. The molecule has 0 aliphatic rings. The molecule has 168 valence electrons. The van der Waals surface area contributed by atoms with Crippen molar-refractivity contribution in [2.45, 2.75) is 0 Å². The van der Waals surface area contributed by atoms with Crippen molar-refractivity contribution < 1.29 is 57.1 Å². The van der Waals surface area contributed by atoms with Crippen molar-refractivity contribution in [1.29, 1.82) is 0 Å². The average molecular weight is 476 g/mol. The second-order valence-electron chi connectivity index (χ2n) is 6.21. The summed E-state index contributed by atoms with van der Waals surface area (Å²) in [5.74, 6) is -34.8. The monoisotopic (exact) mass is 476 g/mol. The van der Waals surface area contributed by atoms with Crippen LogP contribution in [0.4, 0.5) is 57.1 Å². The Kier molecular flexibility index (Phi) is 5.68. The van der Waals surface area contributed by atoms with Crippen LogP contribution in [0.5, 0.6) is 0 Å². The van der Waals surface area contributed by atoms with Gasteiger partial charge in [-0.3, -0.25) is 0 Å². The van der Waals surface area contributed by atoms with Crippen LogP contribution in [0.15, 0.2) is 0 Å². The molecule has 0 atom stereocenters. The van der Waals surface area contributed by atoms with E-state index in [1.807, 2.05) is 0 Å². The zero-order chi connectivity index (χ0) is 24.4. The van der Waals surface area contributed by atoms with E-state index in [9.17, 15) is 57.1 Å². The second-order valence-corrected chi connectivity index (χ2v) is 6.21. The first-order valence-corrected chi connectivity index (χ1v) is 7.96. The fourth-order valence-electron chi connectivity index (χ4n) is 2.86. The summed E-state index contributed by atoms with van der Waals surface area (Å²) in [6.45, 7) is 0. The molecule has 0 N–H and O–H groups in total. The summed E-state index contributed by atoms with van der Waals surface area (Å²) >= 11 is 0. The Hall–Kier alpha value is -3.19. The summed E-state index contributed by atoms with van der Waals surface area (Å²) < 4.78 is 181. The van der Waals surface area contributed by atoms with Crippen molar-refractivity contribution in [2.24, 2.45) is 0 Å². The van der Waals surface area contributed by atoms with Crippen molar-refractivity contribution in [3.05, 3.63) is 75.6 Å². The highest BCUT2D eigenvalue weighted by molar-refractivity contribution is 6.32. The molecule has 14 heteroatoms. The van der Waals surface area contributed by atoms with E-state index >= 15 is 0 Å². The van der Waals surface area contributed by atoms with E-state index in [4.69, 9.17) is 0 Å². The minimum absolute atomic E-state index is 0.515. The van der Waals surface area contributed by atoms with E-state index in [1.165, 1.54) is 0 Å². The summed E-state index contributed by atoms with van der Waals surface area (Å²) in [5.41, 5.74) is -10.8. The Morgan fingerprint density at radius 1 is 0.250 bits per heavy atom. The Labute approximate surface area is 169 Å². The Morgan fingerprint density at radius 2 is 0.406 bits per heavy atom. The molecule has 0 unspecified atom stereocenters. The Bertz CT molecular complexity index is 1130. The van der Waals surface area contributed by atoms with Crippen LogP contribution in [-0.2, 0) is 0 Å². The lowest BCUT2D eigenvalue weighted by atomic mass is 9.89. The van der Waals surface area contributed by atoms with Crippen LogP contribution in [0, 0.1) is 75.6 Å². The van der Waals surface area contributed by atoms with Gasteiger partial charge in [0.25, 0.3) is 0 Å². The van der Waals surface area contributed by atoms with Crippen LogP contribution in [-0.4, -0.2) is 7.85 Å². The molecule has 0 saturated heterocycles. The molecule has 3 aromatic carbocycles. The average Bonchev–Trinajstić information content (AvgIpc) is 2.76. The van der Waals surface area contributed by atoms with Gasteiger partial charge in [-0.25, -0.2) is 57.1 Å². The first-order valence-electron chi connectivity index (χ1n) is 7.96. The predicted molar refractivity (Wildman–Crippen MR) is 84.9 cm³/mol. The van der Waals surface area contributed by atoms with Crippen molar-refractivity contribution in [3.63, 3.8) is 0 Å². The minimum atomic E-state index is -2.87. The number of hydrogen-bond acceptors (Lipinski definition) is 0. The molecule has 0 heterocycles. The third-order valence-electron chi connectivity index (χ3n) is 4.46. The largest absolute Gasteiger partial charge is 0.204 e. The van der Waals surface area contributed by atoms with Crippen molar-refractivity contribution in [1.82, 2.24) is 0 Å². The number of benzene rings is 3. The highest BCUT2D eigenvalue weighted by atomic mass is 19.2. The van der Waals surface area contributed by atoms with Gasteiger partial charge in [-0.2, -0.15) is 0 Å². The van der Waals surface area contributed by atoms with Crippen molar-refractivity contribution in [2.75, 3.05) is 0 Å². The molecule has 0 aliphatic carbocycles. The maximum Gasteiger partial charge on any atom is 0.200 e. The van der Waals surface area contributed by atoms with Crippen LogP contribution in [0.1, 0.15) is 0 Å². The molecular formula is C18H2BF13. The van der Waals surface area contributed by atoms with Gasteiger partial charge in [0.05, 0.1) is 22.3 Å². The first-order chi connectivity index (χ1) is 14.7. The van der Waals surface area contributed by atoms with Gasteiger partial charge in [-0.15, -0.1) is 0 Å². The highest BCUT2D eigenvalue weighted by Gasteiger charge is 2.37. The maximum absolute atomic E-state index is 14.5. The lowest BCUT2D eigenvalue weighted by molar-refractivity contribution is 0.379. The van der Waals surface area contributed by atoms with Crippen LogP contribution in [0.25, 0.3) is 22.3 Å². The Morgan fingerprint density at radius 3 is 0.656 bits per heavy atom. The summed E-state index contributed by atoms with van der Waals surface area (Å²) in [6.07, 6.45) is 0. The van der Waals surface area contributed by atoms with Gasteiger partial charge in [0, 0.05) is 0 Å². The molecule has 32 heavy (non-hydrogen) atoms. The van der Waals surface area contributed by atoms with Crippen molar-refractivity contribution in [3.8, 4) is 22.3 Å².